The second kappa shape index (κ2) is 8.73. The molecule has 29 heavy (non-hydrogen) atoms. The third-order valence-corrected chi connectivity index (χ3v) is 6.99. The molecule has 6 nitrogen and oxygen atoms in total. The van der Waals surface area contributed by atoms with Crippen molar-refractivity contribution >= 4 is 26.0 Å². The fraction of sp³-hybridized carbons (Fsp3) is 0.429. The van der Waals surface area contributed by atoms with Crippen molar-refractivity contribution in [3.8, 4) is 5.75 Å². The van der Waals surface area contributed by atoms with Gasteiger partial charge in [0.05, 0.1) is 44.0 Å². The van der Waals surface area contributed by atoms with Crippen molar-refractivity contribution in [2.45, 2.75) is 17.9 Å². The average Bonchev–Trinajstić information content (AvgIpc) is 2.61. The summed E-state index contributed by atoms with van der Waals surface area (Å²) >= 11 is 3.40. The summed E-state index contributed by atoms with van der Waals surface area (Å²) in [4.78, 5) is 0.168. The fourth-order valence-electron chi connectivity index (χ4n) is 3.29. The monoisotopic (exact) mass is 482 g/mol. The van der Waals surface area contributed by atoms with E-state index in [0.717, 1.165) is 15.8 Å². The minimum absolute atomic E-state index is 0.0643. The van der Waals surface area contributed by atoms with Gasteiger partial charge in [-0.1, -0.05) is 33.6 Å². The number of benzene rings is 2. The third kappa shape index (κ3) is 4.83. The molecule has 2 aliphatic heterocycles. The topological polar surface area (TPSA) is 71.1 Å². The van der Waals surface area contributed by atoms with Crippen molar-refractivity contribution in [1.82, 2.24) is 0 Å². The predicted molar refractivity (Wildman–Crippen MR) is 110 cm³/mol. The highest BCUT2D eigenvalue weighted by Crippen LogP contribution is 2.40. The highest BCUT2D eigenvalue weighted by molar-refractivity contribution is 9.10. The lowest BCUT2D eigenvalue weighted by Crippen LogP contribution is -2.38. The van der Waals surface area contributed by atoms with Crippen molar-refractivity contribution in [2.24, 2.45) is 11.8 Å². The van der Waals surface area contributed by atoms with Crippen LogP contribution >= 0.6 is 15.9 Å². The van der Waals surface area contributed by atoms with E-state index >= 15 is 0 Å². The Morgan fingerprint density at radius 1 is 1.07 bits per heavy atom. The Kier molecular flexibility index (Phi) is 6.27. The van der Waals surface area contributed by atoms with Gasteiger partial charge in [0.1, 0.15) is 5.75 Å². The number of hydrogen-bond acceptors (Lipinski definition) is 6. The number of ether oxygens (including phenoxy) is 3. The van der Waals surface area contributed by atoms with E-state index in [2.05, 4.69) is 15.9 Å². The first-order valence-corrected chi connectivity index (χ1v) is 11.7. The van der Waals surface area contributed by atoms with Gasteiger partial charge >= 0.3 is 0 Å². The van der Waals surface area contributed by atoms with Gasteiger partial charge in [0.15, 0.2) is 0 Å². The van der Waals surface area contributed by atoms with Gasteiger partial charge in [-0.05, 0) is 37.3 Å². The van der Waals surface area contributed by atoms with E-state index in [1.165, 1.54) is 0 Å². The Labute approximate surface area is 179 Å². The normalized spacial score (nSPS) is 22.0. The Hall–Kier alpha value is -1.45. The molecular formula is C21H23BrO6S. The first-order valence-electron chi connectivity index (χ1n) is 9.50. The average molecular weight is 483 g/mol. The van der Waals surface area contributed by atoms with Gasteiger partial charge in [-0.3, -0.25) is 4.18 Å². The van der Waals surface area contributed by atoms with Gasteiger partial charge in [-0.15, -0.1) is 0 Å². The summed E-state index contributed by atoms with van der Waals surface area (Å²) in [5, 5.41) is 0. The molecule has 0 N–H and O–H groups in total. The van der Waals surface area contributed by atoms with Crippen LogP contribution in [-0.2, 0) is 23.8 Å². The van der Waals surface area contributed by atoms with Gasteiger partial charge in [-0.2, -0.15) is 8.42 Å². The molecule has 156 valence electrons. The summed E-state index contributed by atoms with van der Waals surface area (Å²) < 4.78 is 48.6. The van der Waals surface area contributed by atoms with Crippen LogP contribution in [0.4, 0.5) is 0 Å². The molecule has 4 rings (SSSR count). The van der Waals surface area contributed by atoms with Crippen LogP contribution in [-0.4, -0.2) is 41.5 Å². The van der Waals surface area contributed by atoms with Crippen LogP contribution in [0.5, 0.6) is 5.75 Å². The predicted octanol–water partition coefficient (Wildman–Crippen LogP) is 3.88. The van der Waals surface area contributed by atoms with Gasteiger partial charge in [-0.25, -0.2) is 0 Å². The molecule has 2 aromatic rings. The second-order valence-electron chi connectivity index (χ2n) is 7.46. The molecule has 0 saturated carbocycles. The molecular weight excluding hydrogens is 460 g/mol. The SMILES string of the molecule is Cc1ccc(S(=O)(=O)OCC2COC2)c(C2OCC2COc2ccc(Br)cc2)c1. The first kappa shape index (κ1) is 20.8. The van der Waals surface area contributed by atoms with E-state index in [1.807, 2.05) is 37.3 Å². The molecule has 2 saturated heterocycles. The molecule has 2 aromatic carbocycles. The fourth-order valence-corrected chi connectivity index (χ4v) is 4.75. The van der Waals surface area contributed by atoms with E-state index in [4.69, 9.17) is 18.4 Å². The van der Waals surface area contributed by atoms with Gasteiger partial charge in [0, 0.05) is 21.9 Å². The highest BCUT2D eigenvalue weighted by Gasteiger charge is 2.38. The van der Waals surface area contributed by atoms with Gasteiger partial charge in [0.2, 0.25) is 0 Å². The summed E-state index contributed by atoms with van der Waals surface area (Å²) in [6.45, 7) is 4.11. The standard InChI is InChI=1S/C21H23BrO6S/c1-14-2-7-20(29(23,24)28-11-15-9-25-10-15)19(8-14)21-16(13-27-21)12-26-18-5-3-17(22)4-6-18/h2-8,15-16,21H,9-13H2,1H3. The third-order valence-electron chi connectivity index (χ3n) is 5.10. The molecule has 2 heterocycles. The van der Waals surface area contributed by atoms with Crippen LogP contribution < -0.4 is 4.74 Å². The largest absolute Gasteiger partial charge is 0.493 e. The molecule has 0 radical (unpaired) electrons. The van der Waals surface area contributed by atoms with Crippen LogP contribution in [0, 0.1) is 18.8 Å². The lowest BCUT2D eigenvalue weighted by molar-refractivity contribution is -0.132. The second-order valence-corrected chi connectivity index (χ2v) is 9.96. The van der Waals surface area contributed by atoms with E-state index in [-0.39, 0.29) is 29.4 Å². The maximum atomic E-state index is 12.8. The summed E-state index contributed by atoms with van der Waals surface area (Å²) in [7, 11) is -3.88. The molecule has 2 unspecified atom stereocenters. The number of hydrogen-bond donors (Lipinski definition) is 0. The zero-order valence-corrected chi connectivity index (χ0v) is 18.4. The smallest absolute Gasteiger partial charge is 0.297 e. The zero-order valence-electron chi connectivity index (χ0n) is 16.0. The van der Waals surface area contributed by atoms with Crippen molar-refractivity contribution in [2.75, 3.05) is 33.0 Å². The number of halogens is 1. The van der Waals surface area contributed by atoms with E-state index in [0.29, 0.717) is 32.0 Å². The highest BCUT2D eigenvalue weighted by atomic mass is 79.9. The molecule has 0 spiro atoms. The Morgan fingerprint density at radius 3 is 2.45 bits per heavy atom. The summed E-state index contributed by atoms with van der Waals surface area (Å²) in [6, 6.07) is 12.8. The zero-order chi connectivity index (χ0) is 20.4. The van der Waals surface area contributed by atoms with Crippen LogP contribution in [0.15, 0.2) is 51.8 Å². The molecule has 2 atom stereocenters. The molecule has 0 amide bonds. The molecule has 8 heteroatoms. The van der Waals surface area contributed by atoms with Crippen LogP contribution in [0.2, 0.25) is 0 Å². The summed E-state index contributed by atoms with van der Waals surface area (Å²) in [5.74, 6) is 0.960. The van der Waals surface area contributed by atoms with Crippen molar-refractivity contribution in [3.05, 3.63) is 58.1 Å². The minimum Gasteiger partial charge on any atom is -0.493 e. The summed E-state index contributed by atoms with van der Waals surface area (Å²) in [5.41, 5.74) is 1.60. The Bertz CT molecular complexity index is 956. The lowest BCUT2D eigenvalue weighted by atomic mass is 9.91. The molecule has 0 aromatic heterocycles. The van der Waals surface area contributed by atoms with Gasteiger partial charge in [0.25, 0.3) is 10.1 Å². The van der Waals surface area contributed by atoms with E-state index in [9.17, 15) is 8.42 Å². The molecule has 0 aliphatic carbocycles. The lowest BCUT2D eigenvalue weighted by Gasteiger charge is -2.37. The Balaban J connectivity index is 1.48. The number of rotatable bonds is 8. The van der Waals surface area contributed by atoms with Crippen molar-refractivity contribution in [3.63, 3.8) is 0 Å². The molecule has 2 aliphatic rings. The van der Waals surface area contributed by atoms with E-state index < -0.39 is 10.1 Å². The van der Waals surface area contributed by atoms with Crippen LogP contribution in [0.3, 0.4) is 0 Å². The molecule has 2 fully saturated rings. The van der Waals surface area contributed by atoms with E-state index in [1.54, 1.807) is 12.1 Å². The minimum atomic E-state index is -3.88. The Morgan fingerprint density at radius 2 is 1.83 bits per heavy atom. The maximum absolute atomic E-state index is 12.8. The van der Waals surface area contributed by atoms with Crippen LogP contribution in [0.25, 0.3) is 0 Å². The summed E-state index contributed by atoms with van der Waals surface area (Å²) in [6.07, 6.45) is -0.342. The van der Waals surface area contributed by atoms with Gasteiger partial charge < -0.3 is 14.2 Å². The number of aryl methyl sites for hydroxylation is 1. The first-order chi connectivity index (χ1) is 13.9. The van der Waals surface area contributed by atoms with Crippen molar-refractivity contribution < 1.29 is 26.8 Å². The quantitative estimate of drug-likeness (QED) is 0.531. The molecule has 0 bridgehead atoms. The maximum Gasteiger partial charge on any atom is 0.297 e. The van der Waals surface area contributed by atoms with Crippen molar-refractivity contribution in [1.29, 1.82) is 0 Å². The van der Waals surface area contributed by atoms with Crippen LogP contribution in [0.1, 0.15) is 17.2 Å².